The zero-order valence-corrected chi connectivity index (χ0v) is 11.0. The number of amides is 1. The molecule has 0 aliphatic rings. The standard InChI is InChI=1S/C12H12N4O2S/c1-18-9-4-2-3-7(11(13)19)10(9)15-12(17)8-5-6-14-16-8/h2-6H,1H3,(H2,13,19)(H,14,16)(H,15,17). The SMILES string of the molecule is COc1cccc(C(N)=S)c1NC(=O)c1ccn[nH]1. The molecule has 0 fully saturated rings. The molecule has 0 saturated heterocycles. The van der Waals surface area contributed by atoms with E-state index in [9.17, 15) is 4.79 Å². The number of rotatable bonds is 4. The molecule has 0 aliphatic heterocycles. The fourth-order valence-electron chi connectivity index (χ4n) is 1.60. The highest BCUT2D eigenvalue weighted by molar-refractivity contribution is 7.80. The van der Waals surface area contributed by atoms with Crippen LogP contribution >= 0.6 is 12.2 Å². The van der Waals surface area contributed by atoms with E-state index in [1.807, 2.05) is 0 Å². The largest absolute Gasteiger partial charge is 0.495 e. The zero-order chi connectivity index (χ0) is 13.8. The molecule has 4 N–H and O–H groups in total. The van der Waals surface area contributed by atoms with Crippen LogP contribution in [0.3, 0.4) is 0 Å². The molecule has 0 saturated carbocycles. The molecule has 2 rings (SSSR count). The fraction of sp³-hybridized carbons (Fsp3) is 0.0833. The van der Waals surface area contributed by atoms with Crippen molar-refractivity contribution >= 4 is 28.8 Å². The molecule has 0 unspecified atom stereocenters. The molecule has 98 valence electrons. The summed E-state index contributed by atoms with van der Waals surface area (Å²) in [6.45, 7) is 0. The van der Waals surface area contributed by atoms with Gasteiger partial charge in [0.1, 0.15) is 16.4 Å². The van der Waals surface area contributed by atoms with Gasteiger partial charge >= 0.3 is 0 Å². The highest BCUT2D eigenvalue weighted by Crippen LogP contribution is 2.28. The number of H-pyrrole nitrogens is 1. The Morgan fingerprint density at radius 3 is 2.84 bits per heavy atom. The molecule has 19 heavy (non-hydrogen) atoms. The summed E-state index contributed by atoms with van der Waals surface area (Å²) in [6.07, 6.45) is 1.49. The first-order valence-corrected chi connectivity index (χ1v) is 5.82. The van der Waals surface area contributed by atoms with E-state index in [1.54, 1.807) is 24.3 Å². The Hall–Kier alpha value is -2.41. The van der Waals surface area contributed by atoms with E-state index < -0.39 is 0 Å². The smallest absolute Gasteiger partial charge is 0.273 e. The number of carbonyl (C=O) groups excluding carboxylic acids is 1. The van der Waals surface area contributed by atoms with E-state index in [2.05, 4.69) is 15.5 Å². The summed E-state index contributed by atoms with van der Waals surface area (Å²) >= 11 is 4.96. The van der Waals surface area contributed by atoms with E-state index in [0.29, 0.717) is 22.7 Å². The molecule has 0 radical (unpaired) electrons. The minimum absolute atomic E-state index is 0.179. The number of carbonyl (C=O) groups is 1. The summed E-state index contributed by atoms with van der Waals surface area (Å²) in [5.41, 5.74) is 6.96. The van der Waals surface area contributed by atoms with Crippen LogP contribution in [0, 0.1) is 0 Å². The molecule has 2 aromatic rings. The average Bonchev–Trinajstić information content (AvgIpc) is 2.92. The lowest BCUT2D eigenvalue weighted by atomic mass is 10.1. The van der Waals surface area contributed by atoms with Crippen molar-refractivity contribution in [1.29, 1.82) is 0 Å². The molecule has 7 heteroatoms. The molecule has 0 aliphatic carbocycles. The predicted molar refractivity (Wildman–Crippen MR) is 75.4 cm³/mol. The molecule has 0 spiro atoms. The van der Waals surface area contributed by atoms with Crippen LogP contribution in [0.25, 0.3) is 0 Å². The molecule has 1 amide bonds. The van der Waals surface area contributed by atoms with Gasteiger partial charge in [0.15, 0.2) is 0 Å². The summed E-state index contributed by atoms with van der Waals surface area (Å²) < 4.78 is 5.20. The van der Waals surface area contributed by atoms with Crippen molar-refractivity contribution < 1.29 is 9.53 Å². The number of para-hydroxylation sites is 1. The van der Waals surface area contributed by atoms with Gasteiger partial charge in [0.25, 0.3) is 5.91 Å². The maximum absolute atomic E-state index is 12.0. The van der Waals surface area contributed by atoms with Crippen LogP contribution in [0.2, 0.25) is 0 Å². The van der Waals surface area contributed by atoms with Crippen LogP contribution < -0.4 is 15.8 Å². The molecular weight excluding hydrogens is 264 g/mol. The van der Waals surface area contributed by atoms with Gasteiger partial charge in [0.05, 0.1) is 12.8 Å². The van der Waals surface area contributed by atoms with Gasteiger partial charge in [-0.1, -0.05) is 18.3 Å². The highest BCUT2D eigenvalue weighted by Gasteiger charge is 2.15. The van der Waals surface area contributed by atoms with E-state index in [0.717, 1.165) is 0 Å². The number of aromatic amines is 1. The van der Waals surface area contributed by atoms with Gasteiger partial charge in [0, 0.05) is 11.8 Å². The van der Waals surface area contributed by atoms with Gasteiger partial charge in [-0.05, 0) is 18.2 Å². The van der Waals surface area contributed by atoms with E-state index in [-0.39, 0.29) is 10.9 Å². The van der Waals surface area contributed by atoms with Crippen LogP contribution in [0.15, 0.2) is 30.5 Å². The van der Waals surface area contributed by atoms with Crippen molar-refractivity contribution in [2.45, 2.75) is 0 Å². The Kier molecular flexibility index (Phi) is 3.76. The van der Waals surface area contributed by atoms with Gasteiger partial charge in [0.2, 0.25) is 0 Å². The van der Waals surface area contributed by atoms with Crippen LogP contribution in [0.1, 0.15) is 16.1 Å². The minimum atomic E-state index is -0.348. The van der Waals surface area contributed by atoms with E-state index in [1.165, 1.54) is 13.3 Å². The third-order valence-corrected chi connectivity index (χ3v) is 2.72. The Balaban J connectivity index is 2.38. The predicted octanol–water partition coefficient (Wildman–Crippen LogP) is 1.30. The summed E-state index contributed by atoms with van der Waals surface area (Å²) in [5.74, 6) is 0.137. The normalized spacial score (nSPS) is 9.95. The number of nitrogens with one attached hydrogen (secondary N) is 2. The van der Waals surface area contributed by atoms with E-state index in [4.69, 9.17) is 22.7 Å². The Morgan fingerprint density at radius 2 is 2.26 bits per heavy atom. The second kappa shape index (κ2) is 5.49. The third kappa shape index (κ3) is 2.71. The van der Waals surface area contributed by atoms with Crippen molar-refractivity contribution in [3.8, 4) is 5.75 Å². The average molecular weight is 276 g/mol. The summed E-state index contributed by atoms with van der Waals surface area (Å²) in [4.78, 5) is 12.2. The summed E-state index contributed by atoms with van der Waals surface area (Å²) in [7, 11) is 1.50. The number of benzene rings is 1. The van der Waals surface area contributed by atoms with Crippen molar-refractivity contribution in [2.24, 2.45) is 5.73 Å². The van der Waals surface area contributed by atoms with Crippen LogP contribution in [0.4, 0.5) is 5.69 Å². The molecule has 0 bridgehead atoms. The number of nitrogens with two attached hydrogens (primary N) is 1. The van der Waals surface area contributed by atoms with Gasteiger partial charge in [-0.2, -0.15) is 5.10 Å². The number of hydrogen-bond acceptors (Lipinski definition) is 4. The first-order chi connectivity index (χ1) is 9.13. The van der Waals surface area contributed by atoms with Crippen molar-refractivity contribution in [3.63, 3.8) is 0 Å². The van der Waals surface area contributed by atoms with Crippen molar-refractivity contribution in [1.82, 2.24) is 10.2 Å². The lowest BCUT2D eigenvalue weighted by molar-refractivity contribution is 0.102. The van der Waals surface area contributed by atoms with E-state index >= 15 is 0 Å². The monoisotopic (exact) mass is 276 g/mol. The third-order valence-electron chi connectivity index (χ3n) is 2.50. The molecule has 1 aromatic heterocycles. The fourth-order valence-corrected chi connectivity index (χ4v) is 1.77. The summed E-state index contributed by atoms with van der Waals surface area (Å²) in [5, 5.41) is 9.00. The second-order valence-electron chi connectivity index (χ2n) is 3.67. The highest BCUT2D eigenvalue weighted by atomic mass is 32.1. The van der Waals surface area contributed by atoms with Gasteiger partial charge in [-0.25, -0.2) is 0 Å². The molecular formula is C12H12N4O2S. The molecule has 1 heterocycles. The molecule has 0 atom stereocenters. The number of ether oxygens (including phenoxy) is 1. The summed E-state index contributed by atoms with van der Waals surface area (Å²) in [6, 6.07) is 6.74. The lowest BCUT2D eigenvalue weighted by Crippen LogP contribution is -2.18. The van der Waals surface area contributed by atoms with Crippen LogP contribution in [0.5, 0.6) is 5.75 Å². The first-order valence-electron chi connectivity index (χ1n) is 5.41. The molecule has 6 nitrogen and oxygen atoms in total. The number of thiocarbonyl (C=S) groups is 1. The minimum Gasteiger partial charge on any atom is -0.495 e. The van der Waals surface area contributed by atoms with Gasteiger partial charge in [-0.3, -0.25) is 9.89 Å². The topological polar surface area (TPSA) is 93.0 Å². The Labute approximate surface area is 115 Å². The van der Waals surface area contributed by atoms with Gasteiger partial charge < -0.3 is 15.8 Å². The maximum Gasteiger partial charge on any atom is 0.273 e. The zero-order valence-electron chi connectivity index (χ0n) is 10.1. The number of anilines is 1. The number of aromatic nitrogens is 2. The maximum atomic E-state index is 12.0. The Morgan fingerprint density at radius 1 is 1.47 bits per heavy atom. The lowest BCUT2D eigenvalue weighted by Gasteiger charge is -2.13. The number of methoxy groups -OCH3 is 1. The number of hydrogen-bond donors (Lipinski definition) is 3. The van der Waals surface area contributed by atoms with Crippen molar-refractivity contribution in [3.05, 3.63) is 41.7 Å². The van der Waals surface area contributed by atoms with Crippen molar-refractivity contribution in [2.75, 3.05) is 12.4 Å². The first kappa shape index (κ1) is 13.0. The number of nitrogens with zero attached hydrogens (tertiary/aromatic N) is 1. The van der Waals surface area contributed by atoms with Gasteiger partial charge in [-0.15, -0.1) is 0 Å². The molecule has 1 aromatic carbocycles. The quantitative estimate of drug-likeness (QED) is 0.732. The van der Waals surface area contributed by atoms with Crippen LogP contribution in [-0.2, 0) is 0 Å². The Bertz CT molecular complexity index is 610. The second-order valence-corrected chi connectivity index (χ2v) is 4.11. The van der Waals surface area contributed by atoms with Crippen LogP contribution in [-0.4, -0.2) is 28.2 Å².